The Hall–Kier alpha value is -2.70. The molecule has 2 aromatic carbocycles. The van der Waals surface area contributed by atoms with E-state index in [-0.39, 0.29) is 36.5 Å². The van der Waals surface area contributed by atoms with Crippen molar-refractivity contribution < 1.29 is 19.5 Å². The lowest BCUT2D eigenvalue weighted by molar-refractivity contribution is -0.115. The van der Waals surface area contributed by atoms with Crippen molar-refractivity contribution in [3.63, 3.8) is 0 Å². The smallest absolute Gasteiger partial charge is 0.230 e. The standard InChI is InChI=1S/C22H25N3O2S/c23-22-25-19(15-28-22)14-21(27)24-18-12-10-16(11-13-18)6-4-5-9-20(26)17-7-2-1-3-8-17/h1-3,7-8,10-13,15,20,26H,4-6,9,14H2,(H2,23,25)(H,24,27)/t20-/m0/s1/i6D2,10D,11D,12D,13D,20D. The van der Waals surface area contributed by atoms with Crippen molar-refractivity contribution in [1.82, 2.24) is 4.98 Å². The molecule has 1 aromatic heterocycles. The van der Waals surface area contributed by atoms with E-state index >= 15 is 0 Å². The molecule has 1 heterocycles. The third-order valence-corrected chi connectivity index (χ3v) is 4.52. The number of aromatic nitrogens is 1. The number of nitrogens with one attached hydrogen (secondary N) is 1. The Kier molecular flexibility index (Phi) is 4.54. The summed E-state index contributed by atoms with van der Waals surface area (Å²) < 4.78 is 58.1. The van der Waals surface area contributed by atoms with Gasteiger partial charge in [0, 0.05) is 13.8 Å². The molecule has 0 unspecified atom stereocenters. The van der Waals surface area contributed by atoms with Crippen molar-refractivity contribution in [1.29, 1.82) is 0 Å². The van der Waals surface area contributed by atoms with Crippen LogP contribution >= 0.6 is 11.3 Å². The molecular weight excluding hydrogens is 370 g/mol. The molecule has 0 spiro atoms. The molecule has 28 heavy (non-hydrogen) atoms. The zero-order valence-corrected chi connectivity index (χ0v) is 15.9. The first-order chi connectivity index (χ1) is 16.3. The van der Waals surface area contributed by atoms with Crippen molar-refractivity contribution in [3.05, 3.63) is 76.7 Å². The van der Waals surface area contributed by atoms with Gasteiger partial charge in [-0.15, -0.1) is 11.3 Å². The zero-order chi connectivity index (χ0) is 26.0. The van der Waals surface area contributed by atoms with Crippen LogP contribution in [0.1, 0.15) is 51.8 Å². The number of carbonyl (C=O) groups excluding carboxylic acids is 1. The Morgan fingerprint density at radius 1 is 1.29 bits per heavy atom. The second-order valence-corrected chi connectivity index (χ2v) is 6.88. The number of hydrogen-bond donors (Lipinski definition) is 3. The molecule has 3 aromatic rings. The van der Waals surface area contributed by atoms with Crippen LogP contribution in [0.4, 0.5) is 10.8 Å². The number of thiazole rings is 1. The zero-order valence-electron chi connectivity index (χ0n) is 22.1. The molecule has 0 saturated heterocycles. The predicted octanol–water partition coefficient (Wildman–Crippen LogP) is 4.35. The van der Waals surface area contributed by atoms with Crippen molar-refractivity contribution >= 4 is 28.1 Å². The summed E-state index contributed by atoms with van der Waals surface area (Å²) in [6, 6.07) is 5.97. The highest BCUT2D eigenvalue weighted by Crippen LogP contribution is 2.20. The highest BCUT2D eigenvalue weighted by Gasteiger charge is 2.08. The van der Waals surface area contributed by atoms with Crippen LogP contribution in [0, 0.1) is 0 Å². The summed E-state index contributed by atoms with van der Waals surface area (Å²) in [7, 11) is 0. The van der Waals surface area contributed by atoms with E-state index in [1.807, 2.05) is 0 Å². The summed E-state index contributed by atoms with van der Waals surface area (Å²) in [6.07, 6.45) is -4.65. The molecule has 0 bridgehead atoms. The third kappa shape index (κ3) is 6.18. The normalized spacial score (nSPS) is 17.1. The topological polar surface area (TPSA) is 88.2 Å². The maximum Gasteiger partial charge on any atom is 0.230 e. The summed E-state index contributed by atoms with van der Waals surface area (Å²) in [5.41, 5.74) is 5.52. The van der Waals surface area contributed by atoms with Gasteiger partial charge in [0.05, 0.1) is 25.0 Å². The maximum absolute atomic E-state index is 12.4. The van der Waals surface area contributed by atoms with E-state index < -0.39 is 48.1 Å². The minimum absolute atomic E-state index is 0.0523. The van der Waals surface area contributed by atoms with E-state index in [1.165, 1.54) is 0 Å². The quantitative estimate of drug-likeness (QED) is 0.496. The maximum atomic E-state index is 12.4. The van der Waals surface area contributed by atoms with E-state index in [1.54, 1.807) is 35.7 Å². The number of amides is 1. The first-order valence-corrected chi connectivity index (χ1v) is 9.60. The molecular formula is C22H25N3O2S. The lowest BCUT2D eigenvalue weighted by Gasteiger charge is -2.10. The summed E-state index contributed by atoms with van der Waals surface area (Å²) in [5, 5.41) is 14.7. The lowest BCUT2D eigenvalue weighted by atomic mass is 10.0. The SMILES string of the molecule is [2H]c1c([2H])c(C([2H])([2H])CCC[C@]([2H])(O)c2ccccc2)c([2H])c([2H])c1NC(=O)Cc1csc(N)n1. The molecule has 5 nitrogen and oxygen atoms in total. The van der Waals surface area contributed by atoms with Gasteiger partial charge >= 0.3 is 0 Å². The van der Waals surface area contributed by atoms with Gasteiger partial charge in [-0.1, -0.05) is 48.8 Å². The van der Waals surface area contributed by atoms with Crippen molar-refractivity contribution in [2.75, 3.05) is 11.1 Å². The van der Waals surface area contributed by atoms with E-state index in [4.69, 9.17) is 15.3 Å². The fraction of sp³-hybridized carbons (Fsp3) is 0.273. The van der Waals surface area contributed by atoms with Crippen molar-refractivity contribution in [3.8, 4) is 0 Å². The van der Waals surface area contributed by atoms with Gasteiger partial charge in [0.1, 0.15) is 0 Å². The first kappa shape index (κ1) is 12.7. The Morgan fingerprint density at radius 3 is 2.71 bits per heavy atom. The van der Waals surface area contributed by atoms with Crippen LogP contribution in [-0.2, 0) is 17.6 Å². The van der Waals surface area contributed by atoms with Gasteiger partial charge in [0.15, 0.2) is 5.13 Å². The average Bonchev–Trinajstić information content (AvgIpc) is 3.20. The van der Waals surface area contributed by atoms with Crippen LogP contribution in [0.25, 0.3) is 0 Å². The first-order valence-electron chi connectivity index (χ1n) is 12.2. The van der Waals surface area contributed by atoms with Crippen LogP contribution in [0.5, 0.6) is 0 Å². The van der Waals surface area contributed by atoms with Gasteiger partial charge in [-0.3, -0.25) is 4.79 Å². The number of aliphatic hydroxyl groups is 1. The van der Waals surface area contributed by atoms with Crippen LogP contribution in [0.2, 0.25) is 0 Å². The molecule has 0 aliphatic carbocycles. The second-order valence-electron chi connectivity index (χ2n) is 6.00. The van der Waals surface area contributed by atoms with Crippen LogP contribution < -0.4 is 11.1 Å². The molecule has 6 heteroatoms. The summed E-state index contributed by atoms with van der Waals surface area (Å²) >= 11 is 1.16. The Balaban J connectivity index is 1.78. The summed E-state index contributed by atoms with van der Waals surface area (Å²) in [5.74, 6) is -0.609. The number of nitrogen functional groups attached to an aromatic ring is 1. The van der Waals surface area contributed by atoms with Crippen LogP contribution in [0.15, 0.2) is 59.9 Å². The monoisotopic (exact) mass is 402 g/mol. The Bertz CT molecular complexity index is 1190. The van der Waals surface area contributed by atoms with Gasteiger partial charge < -0.3 is 16.2 Å². The lowest BCUT2D eigenvalue weighted by Crippen LogP contribution is -2.14. The van der Waals surface area contributed by atoms with Crippen molar-refractivity contribution in [2.45, 2.75) is 38.1 Å². The Morgan fingerprint density at radius 2 is 2.04 bits per heavy atom. The number of anilines is 2. The number of carbonyl (C=O) groups is 1. The number of rotatable bonds is 9. The Labute approximate surface area is 179 Å². The summed E-state index contributed by atoms with van der Waals surface area (Å²) in [6.45, 7) is 0. The molecule has 0 aliphatic rings. The number of hydrogen-bond acceptors (Lipinski definition) is 5. The van der Waals surface area contributed by atoms with Crippen molar-refractivity contribution in [2.24, 2.45) is 0 Å². The molecule has 0 aliphatic heterocycles. The van der Waals surface area contributed by atoms with Gasteiger partial charge in [0.25, 0.3) is 0 Å². The molecule has 1 amide bonds. The van der Waals surface area contributed by atoms with Gasteiger partial charge in [-0.05, 0) is 42.4 Å². The number of nitrogens with two attached hydrogens (primary N) is 1. The highest BCUT2D eigenvalue weighted by molar-refractivity contribution is 7.13. The predicted molar refractivity (Wildman–Crippen MR) is 114 cm³/mol. The van der Waals surface area contributed by atoms with Gasteiger partial charge in [0.2, 0.25) is 5.91 Å². The van der Waals surface area contributed by atoms with E-state index in [9.17, 15) is 9.90 Å². The van der Waals surface area contributed by atoms with E-state index in [2.05, 4.69) is 10.3 Å². The summed E-state index contributed by atoms with van der Waals surface area (Å²) in [4.78, 5) is 16.3. The number of nitrogens with zero attached hydrogens (tertiary/aromatic N) is 1. The molecule has 4 N–H and O–H groups in total. The highest BCUT2D eigenvalue weighted by atomic mass is 32.1. The minimum atomic E-state index is -2.27. The largest absolute Gasteiger partial charge is 0.388 e. The van der Waals surface area contributed by atoms with Gasteiger partial charge in [-0.25, -0.2) is 4.98 Å². The molecule has 0 saturated carbocycles. The average molecular weight is 403 g/mol. The van der Waals surface area contributed by atoms with E-state index in [0.29, 0.717) is 11.3 Å². The second kappa shape index (κ2) is 10.0. The molecule has 146 valence electrons. The molecule has 3 rings (SSSR count). The fourth-order valence-electron chi connectivity index (χ4n) is 2.46. The molecule has 0 radical (unpaired) electrons. The van der Waals surface area contributed by atoms with Crippen LogP contribution in [0.3, 0.4) is 0 Å². The fourth-order valence-corrected chi connectivity index (χ4v) is 3.02. The minimum Gasteiger partial charge on any atom is -0.388 e. The third-order valence-electron chi connectivity index (χ3n) is 3.80. The van der Waals surface area contributed by atoms with Crippen LogP contribution in [-0.4, -0.2) is 16.0 Å². The van der Waals surface area contributed by atoms with Gasteiger partial charge in [-0.2, -0.15) is 0 Å². The number of benzene rings is 2. The molecule has 0 fully saturated rings. The van der Waals surface area contributed by atoms with E-state index in [0.717, 1.165) is 11.3 Å². The molecule has 1 atom stereocenters.